The first-order valence-corrected chi connectivity index (χ1v) is 8.42. The van der Waals surface area contributed by atoms with Crippen LogP contribution < -0.4 is 0 Å². The lowest BCUT2D eigenvalue weighted by molar-refractivity contribution is -0.180. The number of ether oxygens (including phenoxy) is 2. The van der Waals surface area contributed by atoms with Crippen molar-refractivity contribution in [1.82, 2.24) is 0 Å². The highest BCUT2D eigenvalue weighted by molar-refractivity contribution is 7.89. The van der Waals surface area contributed by atoms with Crippen LogP contribution >= 0.6 is 0 Å². The summed E-state index contributed by atoms with van der Waals surface area (Å²) in [4.78, 5) is 1.46. The topological polar surface area (TPSA) is 35.5 Å². The van der Waals surface area contributed by atoms with Gasteiger partial charge in [0.25, 0.3) is 0 Å². The van der Waals surface area contributed by atoms with Crippen molar-refractivity contribution >= 4 is 10.8 Å². The lowest BCUT2D eigenvalue weighted by Crippen LogP contribution is -2.33. The predicted molar refractivity (Wildman–Crippen MR) is 83.3 cm³/mol. The Morgan fingerprint density at radius 3 is 2.62 bits per heavy atom. The second-order valence-electron chi connectivity index (χ2n) is 5.54. The number of benzene rings is 1. The van der Waals surface area contributed by atoms with Gasteiger partial charge in [0.1, 0.15) is 0 Å². The van der Waals surface area contributed by atoms with E-state index in [1.54, 1.807) is 0 Å². The van der Waals surface area contributed by atoms with E-state index in [1.165, 1.54) is 0 Å². The Morgan fingerprint density at radius 1 is 1.24 bits per heavy atom. The molecule has 112 valence electrons. The van der Waals surface area contributed by atoms with Crippen molar-refractivity contribution in [3.63, 3.8) is 0 Å². The summed E-state index contributed by atoms with van der Waals surface area (Å²) in [6, 6.07) is 7.75. The van der Waals surface area contributed by atoms with E-state index in [1.807, 2.05) is 37.3 Å². The molecule has 0 radical (unpaired) electrons. The van der Waals surface area contributed by atoms with E-state index >= 15 is 0 Å². The summed E-state index contributed by atoms with van der Waals surface area (Å²) in [5.74, 6) is -0.603. The minimum atomic E-state index is -1.22. The molecule has 1 spiro atoms. The minimum Gasteiger partial charge on any atom is -0.346 e. The van der Waals surface area contributed by atoms with Gasteiger partial charge in [-0.15, -0.1) is 0 Å². The third kappa shape index (κ3) is 3.03. The Labute approximate surface area is 128 Å². The molecule has 0 aliphatic carbocycles. The molecule has 0 saturated carbocycles. The van der Waals surface area contributed by atoms with Crippen molar-refractivity contribution in [2.45, 2.75) is 36.9 Å². The number of allylic oxidation sites excluding steroid dienone is 1. The van der Waals surface area contributed by atoms with Crippen LogP contribution in [0.5, 0.6) is 0 Å². The van der Waals surface area contributed by atoms with E-state index in [0.717, 1.165) is 41.9 Å². The van der Waals surface area contributed by atoms with Gasteiger partial charge in [0.2, 0.25) is 0 Å². The fourth-order valence-corrected chi connectivity index (χ4v) is 3.79. The summed E-state index contributed by atoms with van der Waals surface area (Å²) in [6.07, 6.45) is 4.58. The van der Waals surface area contributed by atoms with E-state index in [-0.39, 0.29) is 0 Å². The molecule has 0 aromatic heterocycles. The second-order valence-corrected chi connectivity index (χ2v) is 7.04. The highest BCUT2D eigenvalue weighted by atomic mass is 32.2. The monoisotopic (exact) mass is 304 g/mol. The van der Waals surface area contributed by atoms with Crippen molar-refractivity contribution in [3.8, 4) is 0 Å². The first-order valence-electron chi connectivity index (χ1n) is 7.27. The second kappa shape index (κ2) is 5.87. The summed E-state index contributed by atoms with van der Waals surface area (Å²) < 4.78 is 24.1. The molecular weight excluding hydrogens is 284 g/mol. The highest BCUT2D eigenvalue weighted by Gasteiger charge is 2.37. The first kappa shape index (κ1) is 14.7. The van der Waals surface area contributed by atoms with Crippen LogP contribution in [0.3, 0.4) is 0 Å². The van der Waals surface area contributed by atoms with Gasteiger partial charge in [-0.1, -0.05) is 24.3 Å². The molecule has 21 heavy (non-hydrogen) atoms. The fourth-order valence-electron chi connectivity index (χ4n) is 2.72. The molecule has 2 aliphatic rings. The van der Waals surface area contributed by atoms with Gasteiger partial charge >= 0.3 is 0 Å². The van der Waals surface area contributed by atoms with Gasteiger partial charge in [-0.3, -0.25) is 0 Å². The molecule has 0 amide bonds. The van der Waals surface area contributed by atoms with Crippen LogP contribution in [-0.4, -0.2) is 23.2 Å². The maximum atomic E-state index is 12.6. The van der Waals surface area contributed by atoms with Crippen LogP contribution in [0.15, 0.2) is 52.3 Å². The van der Waals surface area contributed by atoms with Crippen LogP contribution in [0.4, 0.5) is 0 Å². The molecule has 2 heterocycles. The van der Waals surface area contributed by atoms with Gasteiger partial charge < -0.3 is 9.47 Å². The SMILES string of the molecule is C=C(C1=C[C@@]2(CCCO2)OCC1)S(=O)c1ccc(C)cc1. The van der Waals surface area contributed by atoms with Gasteiger partial charge in [-0.2, -0.15) is 0 Å². The lowest BCUT2D eigenvalue weighted by atomic mass is 10.0. The van der Waals surface area contributed by atoms with Gasteiger partial charge in [0.05, 0.1) is 24.0 Å². The van der Waals surface area contributed by atoms with E-state index in [9.17, 15) is 4.21 Å². The fraction of sp³-hybridized carbons (Fsp3) is 0.412. The number of hydrogen-bond acceptors (Lipinski definition) is 3. The van der Waals surface area contributed by atoms with Gasteiger partial charge in [0, 0.05) is 16.2 Å². The molecule has 0 N–H and O–H groups in total. The van der Waals surface area contributed by atoms with E-state index in [2.05, 4.69) is 6.58 Å². The Bertz CT molecular complexity index is 595. The third-order valence-electron chi connectivity index (χ3n) is 3.94. The quantitative estimate of drug-likeness (QED) is 0.858. The van der Waals surface area contributed by atoms with Crippen LogP contribution in [0.1, 0.15) is 24.8 Å². The minimum absolute atomic E-state index is 0.593. The molecule has 2 aliphatic heterocycles. The maximum absolute atomic E-state index is 12.6. The average molecular weight is 304 g/mol. The normalized spacial score (nSPS) is 26.6. The summed E-state index contributed by atoms with van der Waals surface area (Å²) >= 11 is 0. The highest BCUT2D eigenvalue weighted by Crippen LogP contribution is 2.36. The molecule has 3 rings (SSSR count). The molecule has 2 atom stereocenters. The molecule has 1 aromatic carbocycles. The Morgan fingerprint density at radius 2 is 1.95 bits per heavy atom. The number of rotatable bonds is 3. The summed E-state index contributed by atoms with van der Waals surface area (Å²) in [7, 11) is -1.22. The van der Waals surface area contributed by atoms with Crippen molar-refractivity contribution in [1.29, 1.82) is 0 Å². The molecule has 1 aromatic rings. The zero-order valence-corrected chi connectivity index (χ0v) is 13.1. The first-order chi connectivity index (χ1) is 10.1. The molecule has 0 bridgehead atoms. The van der Waals surface area contributed by atoms with Gasteiger partial charge in [-0.25, -0.2) is 4.21 Å². The van der Waals surface area contributed by atoms with E-state index in [4.69, 9.17) is 9.47 Å². The molecule has 1 fully saturated rings. The van der Waals surface area contributed by atoms with Gasteiger partial charge in [-0.05, 0) is 43.5 Å². The average Bonchev–Trinajstić information content (AvgIpc) is 2.94. The van der Waals surface area contributed by atoms with Gasteiger partial charge in [0.15, 0.2) is 5.79 Å². The Hall–Kier alpha value is -1.23. The van der Waals surface area contributed by atoms with E-state index in [0.29, 0.717) is 11.5 Å². The predicted octanol–water partition coefficient (Wildman–Crippen LogP) is 3.47. The van der Waals surface area contributed by atoms with Crippen molar-refractivity contribution < 1.29 is 13.7 Å². The smallest absolute Gasteiger partial charge is 0.188 e. The standard InChI is InChI=1S/C17H20O3S/c1-13-4-6-16(7-5-13)21(18)14(2)15-8-11-20-17(12-15)9-3-10-19-17/h4-7,12H,2-3,8-11H2,1H3/t17-,21?/m1/s1. The number of hydrogen-bond donors (Lipinski definition) is 0. The van der Waals surface area contributed by atoms with Crippen LogP contribution in [-0.2, 0) is 20.3 Å². The molecular formula is C17H20O3S. The maximum Gasteiger partial charge on any atom is 0.188 e. The summed E-state index contributed by atoms with van der Waals surface area (Å²) in [5, 5.41) is 0. The van der Waals surface area contributed by atoms with Crippen LogP contribution in [0.2, 0.25) is 0 Å². The molecule has 4 heteroatoms. The van der Waals surface area contributed by atoms with Crippen LogP contribution in [0.25, 0.3) is 0 Å². The third-order valence-corrected chi connectivity index (χ3v) is 5.35. The summed E-state index contributed by atoms with van der Waals surface area (Å²) in [6.45, 7) is 7.38. The zero-order chi connectivity index (χ0) is 14.9. The Kier molecular flexibility index (Phi) is 4.11. The molecule has 3 nitrogen and oxygen atoms in total. The van der Waals surface area contributed by atoms with Crippen molar-refractivity contribution in [3.05, 3.63) is 53.0 Å². The largest absolute Gasteiger partial charge is 0.346 e. The lowest BCUT2D eigenvalue weighted by Gasteiger charge is -2.31. The summed E-state index contributed by atoms with van der Waals surface area (Å²) in [5.41, 5.74) is 2.16. The van der Waals surface area contributed by atoms with Crippen molar-refractivity contribution in [2.75, 3.05) is 13.2 Å². The zero-order valence-electron chi connectivity index (χ0n) is 12.3. The number of aryl methyl sites for hydroxylation is 1. The molecule has 1 unspecified atom stereocenters. The van der Waals surface area contributed by atoms with Crippen LogP contribution in [0, 0.1) is 6.92 Å². The van der Waals surface area contributed by atoms with Crippen molar-refractivity contribution in [2.24, 2.45) is 0 Å². The molecule has 1 saturated heterocycles. The Balaban J connectivity index is 1.82. The van der Waals surface area contributed by atoms with E-state index < -0.39 is 16.6 Å².